The van der Waals surface area contributed by atoms with Crippen molar-refractivity contribution >= 4 is 10.0 Å². The SMILES string of the molecule is CCNS(=O)(=O)CCNC1CC(C)OC(C)C1. The van der Waals surface area contributed by atoms with Gasteiger partial charge in [-0.2, -0.15) is 0 Å². The number of sulfonamides is 1. The predicted molar refractivity (Wildman–Crippen MR) is 68.5 cm³/mol. The first-order valence-electron chi connectivity index (χ1n) is 6.29. The molecule has 1 rings (SSSR count). The highest BCUT2D eigenvalue weighted by Crippen LogP contribution is 2.18. The molecule has 17 heavy (non-hydrogen) atoms. The zero-order valence-corrected chi connectivity index (χ0v) is 11.7. The van der Waals surface area contributed by atoms with Crippen molar-refractivity contribution < 1.29 is 13.2 Å². The fourth-order valence-electron chi connectivity index (χ4n) is 2.26. The van der Waals surface area contributed by atoms with Gasteiger partial charge in [0.1, 0.15) is 0 Å². The van der Waals surface area contributed by atoms with Gasteiger partial charge in [-0.3, -0.25) is 0 Å². The topological polar surface area (TPSA) is 67.4 Å². The van der Waals surface area contributed by atoms with Gasteiger partial charge < -0.3 is 10.1 Å². The molecule has 6 heteroatoms. The second-order valence-electron chi connectivity index (χ2n) is 4.70. The summed E-state index contributed by atoms with van der Waals surface area (Å²) >= 11 is 0. The molecule has 1 saturated heterocycles. The van der Waals surface area contributed by atoms with Crippen molar-refractivity contribution in [2.75, 3.05) is 18.8 Å². The summed E-state index contributed by atoms with van der Waals surface area (Å²) in [5.41, 5.74) is 0. The normalized spacial score (nSPS) is 30.4. The largest absolute Gasteiger partial charge is 0.375 e. The van der Waals surface area contributed by atoms with Gasteiger partial charge >= 0.3 is 0 Å². The molecule has 1 aliphatic rings. The average molecular weight is 264 g/mol. The standard InChI is InChI=1S/C11H24N2O3S/c1-4-13-17(14,15)6-5-12-11-7-9(2)16-10(3)8-11/h9-13H,4-8H2,1-3H3. The van der Waals surface area contributed by atoms with Crippen molar-refractivity contribution in [3.63, 3.8) is 0 Å². The second kappa shape index (κ2) is 6.68. The van der Waals surface area contributed by atoms with Crippen LogP contribution in [-0.4, -0.2) is 45.5 Å². The third-order valence-electron chi connectivity index (χ3n) is 2.87. The molecule has 0 saturated carbocycles. The maximum atomic E-state index is 11.4. The highest BCUT2D eigenvalue weighted by atomic mass is 32.2. The number of nitrogens with one attached hydrogen (secondary N) is 2. The molecule has 102 valence electrons. The molecular formula is C11H24N2O3S. The van der Waals surface area contributed by atoms with Crippen molar-refractivity contribution in [3.05, 3.63) is 0 Å². The Labute approximate surface area is 104 Å². The summed E-state index contributed by atoms with van der Waals surface area (Å²) in [5, 5.41) is 3.30. The summed E-state index contributed by atoms with van der Waals surface area (Å²) < 4.78 is 31.0. The molecule has 0 aromatic rings. The van der Waals surface area contributed by atoms with E-state index in [2.05, 4.69) is 23.9 Å². The van der Waals surface area contributed by atoms with Crippen LogP contribution in [0.3, 0.4) is 0 Å². The van der Waals surface area contributed by atoms with Crippen LogP contribution in [0.15, 0.2) is 0 Å². The van der Waals surface area contributed by atoms with E-state index < -0.39 is 10.0 Å². The van der Waals surface area contributed by atoms with E-state index in [4.69, 9.17) is 4.74 Å². The van der Waals surface area contributed by atoms with Crippen LogP contribution in [0.25, 0.3) is 0 Å². The first kappa shape index (κ1) is 14.9. The Morgan fingerprint density at radius 3 is 2.35 bits per heavy atom. The summed E-state index contributed by atoms with van der Waals surface area (Å²) in [6.45, 7) is 6.85. The zero-order valence-electron chi connectivity index (χ0n) is 10.9. The van der Waals surface area contributed by atoms with E-state index in [1.807, 2.05) is 0 Å². The Morgan fingerprint density at radius 2 is 1.82 bits per heavy atom. The van der Waals surface area contributed by atoms with Gasteiger partial charge in [0.25, 0.3) is 0 Å². The van der Waals surface area contributed by atoms with Crippen molar-refractivity contribution in [1.29, 1.82) is 0 Å². The molecule has 0 spiro atoms. The predicted octanol–water partition coefficient (Wildman–Crippen LogP) is 0.471. The molecule has 1 heterocycles. The Bertz CT molecular complexity index is 309. The first-order chi connectivity index (χ1) is 7.93. The fraction of sp³-hybridized carbons (Fsp3) is 1.00. The number of rotatable bonds is 6. The Hall–Kier alpha value is -0.170. The van der Waals surface area contributed by atoms with Gasteiger partial charge in [0.05, 0.1) is 18.0 Å². The van der Waals surface area contributed by atoms with Gasteiger partial charge in [-0.15, -0.1) is 0 Å². The molecule has 0 aromatic carbocycles. The second-order valence-corrected chi connectivity index (χ2v) is 6.62. The van der Waals surface area contributed by atoms with Crippen LogP contribution in [0.2, 0.25) is 0 Å². The van der Waals surface area contributed by atoms with Gasteiger partial charge in [-0.25, -0.2) is 13.1 Å². The van der Waals surface area contributed by atoms with E-state index in [-0.39, 0.29) is 18.0 Å². The number of hydrogen-bond acceptors (Lipinski definition) is 4. The molecule has 0 radical (unpaired) electrons. The smallest absolute Gasteiger partial charge is 0.212 e. The van der Waals surface area contributed by atoms with Gasteiger partial charge in [0.15, 0.2) is 0 Å². The van der Waals surface area contributed by atoms with Crippen molar-refractivity contribution in [1.82, 2.24) is 10.0 Å². The minimum absolute atomic E-state index is 0.140. The van der Waals surface area contributed by atoms with E-state index in [0.717, 1.165) is 12.8 Å². The molecule has 2 N–H and O–H groups in total. The average Bonchev–Trinajstić information content (AvgIpc) is 2.15. The molecule has 2 atom stereocenters. The van der Waals surface area contributed by atoms with Crippen molar-refractivity contribution in [2.24, 2.45) is 0 Å². The minimum atomic E-state index is -3.10. The quantitative estimate of drug-likeness (QED) is 0.732. The molecule has 0 aliphatic carbocycles. The molecule has 5 nitrogen and oxygen atoms in total. The van der Waals surface area contributed by atoms with Crippen LogP contribution in [0, 0.1) is 0 Å². The van der Waals surface area contributed by atoms with Crippen LogP contribution in [-0.2, 0) is 14.8 Å². The van der Waals surface area contributed by atoms with Crippen LogP contribution in [0.4, 0.5) is 0 Å². The van der Waals surface area contributed by atoms with Crippen molar-refractivity contribution in [2.45, 2.75) is 51.9 Å². The maximum Gasteiger partial charge on any atom is 0.212 e. The van der Waals surface area contributed by atoms with Gasteiger partial charge in [0, 0.05) is 19.1 Å². The monoisotopic (exact) mass is 264 g/mol. The lowest BCUT2D eigenvalue weighted by molar-refractivity contribution is -0.0417. The number of ether oxygens (including phenoxy) is 1. The van der Waals surface area contributed by atoms with E-state index >= 15 is 0 Å². The van der Waals surface area contributed by atoms with Crippen LogP contribution in [0.1, 0.15) is 33.6 Å². The summed E-state index contributed by atoms with van der Waals surface area (Å²) in [7, 11) is -3.10. The molecule has 0 aromatic heterocycles. The summed E-state index contributed by atoms with van der Waals surface area (Å²) in [5.74, 6) is 0.140. The zero-order chi connectivity index (χ0) is 12.9. The molecule has 2 unspecified atom stereocenters. The molecule has 1 aliphatic heterocycles. The lowest BCUT2D eigenvalue weighted by Gasteiger charge is -2.32. The van der Waals surface area contributed by atoms with Crippen LogP contribution < -0.4 is 10.0 Å². The van der Waals surface area contributed by atoms with Gasteiger partial charge in [-0.1, -0.05) is 6.92 Å². The highest BCUT2D eigenvalue weighted by molar-refractivity contribution is 7.89. The van der Waals surface area contributed by atoms with Gasteiger partial charge in [-0.05, 0) is 26.7 Å². The van der Waals surface area contributed by atoms with Gasteiger partial charge in [0.2, 0.25) is 10.0 Å². The molecule has 1 fully saturated rings. The summed E-state index contributed by atoms with van der Waals surface area (Å²) in [6.07, 6.45) is 2.40. The third kappa shape index (κ3) is 5.81. The van der Waals surface area contributed by atoms with Crippen LogP contribution >= 0.6 is 0 Å². The molecular weight excluding hydrogens is 240 g/mol. The summed E-state index contributed by atoms with van der Waals surface area (Å²) in [6, 6.07) is 0.366. The summed E-state index contributed by atoms with van der Waals surface area (Å²) in [4.78, 5) is 0. The Morgan fingerprint density at radius 1 is 1.24 bits per heavy atom. The molecule has 0 amide bonds. The van der Waals surface area contributed by atoms with Crippen molar-refractivity contribution in [3.8, 4) is 0 Å². The Kier molecular flexibility index (Phi) is 5.85. The van der Waals surface area contributed by atoms with E-state index in [9.17, 15) is 8.42 Å². The first-order valence-corrected chi connectivity index (χ1v) is 7.94. The van der Waals surface area contributed by atoms with E-state index in [1.165, 1.54) is 0 Å². The van der Waals surface area contributed by atoms with E-state index in [0.29, 0.717) is 19.1 Å². The lowest BCUT2D eigenvalue weighted by Crippen LogP contribution is -2.43. The van der Waals surface area contributed by atoms with Crippen LogP contribution in [0.5, 0.6) is 0 Å². The Balaban J connectivity index is 2.26. The lowest BCUT2D eigenvalue weighted by atomic mass is 10.00. The van der Waals surface area contributed by atoms with E-state index in [1.54, 1.807) is 6.92 Å². The third-order valence-corrected chi connectivity index (χ3v) is 4.34. The maximum absolute atomic E-state index is 11.4. The highest BCUT2D eigenvalue weighted by Gasteiger charge is 2.24. The molecule has 0 bridgehead atoms. The fourth-order valence-corrected chi connectivity index (χ4v) is 3.23. The number of hydrogen-bond donors (Lipinski definition) is 2. The minimum Gasteiger partial charge on any atom is -0.375 e.